The van der Waals surface area contributed by atoms with Gasteiger partial charge in [0.1, 0.15) is 5.82 Å². The van der Waals surface area contributed by atoms with Gasteiger partial charge in [-0.15, -0.1) is 0 Å². The van der Waals surface area contributed by atoms with Crippen LogP contribution in [0.5, 0.6) is 0 Å². The zero-order chi connectivity index (χ0) is 33.3. The minimum Gasteiger partial charge on any atom is -0.493 e. The number of nitrogens with zero attached hydrogens (tertiary/aromatic N) is 3. The fraction of sp³-hybridized carbons (Fsp3) is 0.216. The highest BCUT2D eigenvalue weighted by Gasteiger charge is 2.29. The highest BCUT2D eigenvalue weighted by molar-refractivity contribution is 7.91. The molecule has 2 heterocycles. The summed E-state index contributed by atoms with van der Waals surface area (Å²) in [5.41, 5.74) is 7.50. The third kappa shape index (κ3) is 7.67. The van der Waals surface area contributed by atoms with E-state index >= 15 is 0 Å². The van der Waals surface area contributed by atoms with Crippen molar-refractivity contribution in [1.29, 1.82) is 0 Å². The van der Waals surface area contributed by atoms with E-state index in [4.69, 9.17) is 28.2 Å². The van der Waals surface area contributed by atoms with Gasteiger partial charge in [0.25, 0.3) is 0 Å². The lowest BCUT2D eigenvalue weighted by molar-refractivity contribution is 0.365. The van der Waals surface area contributed by atoms with Gasteiger partial charge in [-0.1, -0.05) is 98.6 Å². The van der Waals surface area contributed by atoms with Crippen LogP contribution in [0, 0.1) is 5.41 Å². The van der Waals surface area contributed by atoms with Gasteiger partial charge in [-0.05, 0) is 83.3 Å². The van der Waals surface area contributed by atoms with Crippen LogP contribution in [0.1, 0.15) is 50.6 Å². The second kappa shape index (κ2) is 13.1. The zero-order valence-corrected chi connectivity index (χ0v) is 28.7. The van der Waals surface area contributed by atoms with Gasteiger partial charge >= 0.3 is 10.2 Å². The summed E-state index contributed by atoms with van der Waals surface area (Å²) in [5, 5.41) is 10.8. The molecule has 4 aromatic carbocycles. The molecule has 0 atom stereocenters. The van der Waals surface area contributed by atoms with Crippen molar-refractivity contribution in [2.45, 2.75) is 46.5 Å². The Hall–Kier alpha value is -4.24. The lowest BCUT2D eigenvalue weighted by Crippen LogP contribution is -2.29. The normalized spacial score (nSPS) is 14.2. The smallest absolute Gasteiger partial charge is 0.330 e. The van der Waals surface area contributed by atoms with Crippen LogP contribution >= 0.6 is 23.2 Å². The molecule has 6 rings (SSSR count). The van der Waals surface area contributed by atoms with Gasteiger partial charge in [0.05, 0.1) is 22.6 Å². The van der Waals surface area contributed by atoms with Crippen molar-refractivity contribution in [2.75, 3.05) is 4.31 Å². The highest BCUT2D eigenvalue weighted by Crippen LogP contribution is 2.33. The molecule has 0 fully saturated rings. The number of halogens is 2. The molecule has 0 unspecified atom stereocenters. The van der Waals surface area contributed by atoms with Gasteiger partial charge < -0.3 is 9.67 Å². The number of imidazole rings is 1. The molecule has 10 heteroatoms. The van der Waals surface area contributed by atoms with Crippen LogP contribution in [0.3, 0.4) is 0 Å². The van der Waals surface area contributed by atoms with Gasteiger partial charge in [0.2, 0.25) is 5.88 Å². The molecule has 1 aliphatic rings. The Morgan fingerprint density at radius 2 is 1.60 bits per heavy atom. The van der Waals surface area contributed by atoms with E-state index in [1.807, 2.05) is 22.9 Å². The van der Waals surface area contributed by atoms with E-state index < -0.39 is 16.1 Å². The van der Waals surface area contributed by atoms with Crippen molar-refractivity contribution < 1.29 is 13.5 Å². The number of benzene rings is 4. The molecule has 0 amide bonds. The molecular formula is C37H36Cl2N4O3S. The first-order chi connectivity index (χ1) is 22.3. The summed E-state index contributed by atoms with van der Waals surface area (Å²) in [6.45, 7) is 6.85. The van der Waals surface area contributed by atoms with E-state index in [0.717, 1.165) is 45.9 Å². The van der Waals surface area contributed by atoms with E-state index in [0.29, 0.717) is 38.9 Å². The molecule has 0 aliphatic carbocycles. The number of hydrogen-bond acceptors (Lipinski definition) is 4. The molecule has 242 valence electrons. The van der Waals surface area contributed by atoms with E-state index in [-0.39, 0.29) is 0 Å². The number of hydrogen-bond donors (Lipinski definition) is 2. The standard InChI is InChI=1S/C37H36Cl2N4O3S/c1-37(2,3)18-6-8-25-7-4-9-28(19-25)27-14-12-26(13-15-27)20-35-40-34(32-17-16-29(38)21-33(32)39)23-42(35)30-10-5-11-31(22-30)43-24-36(44)41-47(43,45)46/h4-5,7,9-17,19,21-24,41,44H,6,8,18,20H2,1-3H3. The second-order valence-electron chi connectivity index (χ2n) is 13.0. The minimum atomic E-state index is -3.95. The molecule has 7 nitrogen and oxygen atoms in total. The number of aliphatic hydroxyl groups is 1. The zero-order valence-electron chi connectivity index (χ0n) is 26.4. The molecule has 2 N–H and O–H groups in total. The second-order valence-corrected chi connectivity index (χ2v) is 15.4. The van der Waals surface area contributed by atoms with Crippen LogP contribution < -0.4 is 9.03 Å². The van der Waals surface area contributed by atoms with Crippen LogP contribution in [-0.2, 0) is 23.1 Å². The maximum absolute atomic E-state index is 12.6. The first-order valence-corrected chi connectivity index (χ1v) is 17.6. The Balaban J connectivity index is 1.31. The van der Waals surface area contributed by atoms with Gasteiger partial charge in [0.15, 0.2) is 0 Å². The number of anilines is 1. The Morgan fingerprint density at radius 1 is 0.851 bits per heavy atom. The van der Waals surface area contributed by atoms with E-state index in [9.17, 15) is 13.5 Å². The summed E-state index contributed by atoms with van der Waals surface area (Å²) in [7, 11) is -3.95. The molecular weight excluding hydrogens is 651 g/mol. The van der Waals surface area contributed by atoms with Crippen LogP contribution in [0.15, 0.2) is 109 Å². The number of rotatable bonds is 9. The maximum Gasteiger partial charge on any atom is 0.330 e. The summed E-state index contributed by atoms with van der Waals surface area (Å²) in [6.07, 6.45) is 6.93. The number of aromatic nitrogens is 2. The summed E-state index contributed by atoms with van der Waals surface area (Å²) < 4.78 is 30.2. The third-order valence-electron chi connectivity index (χ3n) is 8.05. The van der Waals surface area contributed by atoms with Gasteiger partial charge in [-0.2, -0.15) is 8.42 Å². The van der Waals surface area contributed by atoms with Crippen molar-refractivity contribution in [1.82, 2.24) is 14.3 Å². The quantitative estimate of drug-likeness (QED) is 0.162. The molecule has 1 aromatic heterocycles. The lowest BCUT2D eigenvalue weighted by Gasteiger charge is -2.17. The fourth-order valence-electron chi connectivity index (χ4n) is 5.70. The fourth-order valence-corrected chi connectivity index (χ4v) is 7.25. The first-order valence-electron chi connectivity index (χ1n) is 15.4. The Labute approximate surface area is 286 Å². The molecule has 0 bridgehead atoms. The topological polar surface area (TPSA) is 87.5 Å². The SMILES string of the molecule is CC(C)(C)CCCc1cccc(-c2ccc(Cc3nc(-c4ccc(Cl)cc4Cl)cn3-c3cccc(N4C=C(O)NS4(=O)=O)c3)cc2)c1. The predicted molar refractivity (Wildman–Crippen MR) is 191 cm³/mol. The van der Waals surface area contributed by atoms with Crippen molar-refractivity contribution in [3.8, 4) is 28.1 Å². The third-order valence-corrected chi connectivity index (χ3v) is 9.90. The average Bonchev–Trinajstić information content (AvgIpc) is 3.55. The van der Waals surface area contributed by atoms with E-state index in [2.05, 4.69) is 74.0 Å². The summed E-state index contributed by atoms with van der Waals surface area (Å²) in [4.78, 5) is 4.99. The van der Waals surface area contributed by atoms with E-state index in [1.54, 1.807) is 30.3 Å². The Bertz CT molecular complexity index is 2070. The van der Waals surface area contributed by atoms with Gasteiger partial charge in [-0.3, -0.25) is 0 Å². The van der Waals surface area contributed by atoms with Crippen molar-refractivity contribution in [3.63, 3.8) is 0 Å². The summed E-state index contributed by atoms with van der Waals surface area (Å²) in [5.74, 6) is 0.284. The van der Waals surface area contributed by atoms with Gasteiger partial charge in [-0.25, -0.2) is 14.0 Å². The summed E-state index contributed by atoms with van der Waals surface area (Å²) >= 11 is 12.7. The van der Waals surface area contributed by atoms with Crippen molar-refractivity contribution in [3.05, 3.63) is 136 Å². The first kappa shape index (κ1) is 32.7. The lowest BCUT2D eigenvalue weighted by atomic mass is 9.88. The Kier molecular flexibility index (Phi) is 9.12. The molecule has 0 radical (unpaired) electrons. The van der Waals surface area contributed by atoms with Crippen LogP contribution in [-0.4, -0.2) is 23.1 Å². The molecule has 5 aromatic rings. The number of aliphatic hydroxyl groups excluding tert-OH is 1. The molecule has 0 saturated carbocycles. The van der Waals surface area contributed by atoms with Crippen LogP contribution in [0.2, 0.25) is 10.0 Å². The number of aryl methyl sites for hydroxylation is 1. The average molecular weight is 688 g/mol. The highest BCUT2D eigenvalue weighted by atomic mass is 35.5. The summed E-state index contributed by atoms with van der Waals surface area (Å²) in [6, 6.07) is 29.6. The largest absolute Gasteiger partial charge is 0.493 e. The monoisotopic (exact) mass is 686 g/mol. The maximum atomic E-state index is 12.6. The predicted octanol–water partition coefficient (Wildman–Crippen LogP) is 9.48. The van der Waals surface area contributed by atoms with Gasteiger partial charge in [0, 0.05) is 28.9 Å². The van der Waals surface area contributed by atoms with Crippen molar-refractivity contribution >= 4 is 39.1 Å². The van der Waals surface area contributed by atoms with Crippen LogP contribution in [0.25, 0.3) is 28.1 Å². The molecule has 1 aliphatic heterocycles. The molecule has 0 saturated heterocycles. The Morgan fingerprint density at radius 3 is 2.30 bits per heavy atom. The molecule has 0 spiro atoms. The van der Waals surface area contributed by atoms with Crippen LogP contribution in [0.4, 0.5) is 5.69 Å². The number of nitrogens with one attached hydrogen (secondary N) is 1. The van der Waals surface area contributed by atoms with E-state index in [1.165, 1.54) is 17.5 Å². The minimum absolute atomic E-state index is 0.333. The van der Waals surface area contributed by atoms with Crippen molar-refractivity contribution in [2.24, 2.45) is 5.41 Å². The molecule has 47 heavy (non-hydrogen) atoms.